The molecule has 3 aromatic heterocycles. The maximum absolute atomic E-state index is 13.2. The van der Waals surface area contributed by atoms with E-state index in [1.165, 1.54) is 33.5 Å². The minimum atomic E-state index is -4.16. The number of anilines is 1. The predicted octanol–water partition coefficient (Wildman–Crippen LogP) is 2.29. The van der Waals surface area contributed by atoms with Gasteiger partial charge in [0.25, 0.3) is 10.0 Å². The van der Waals surface area contributed by atoms with Crippen LogP contribution in [0.3, 0.4) is 0 Å². The lowest BCUT2D eigenvalue weighted by atomic mass is 10.2. The highest BCUT2D eigenvalue weighted by molar-refractivity contribution is 7.93. The summed E-state index contributed by atoms with van der Waals surface area (Å²) >= 11 is 0. The lowest BCUT2D eigenvalue weighted by molar-refractivity contribution is 0.373. The van der Waals surface area contributed by atoms with Crippen molar-refractivity contribution in [3.05, 3.63) is 48.4 Å². The molecule has 0 aliphatic heterocycles. The lowest BCUT2D eigenvalue weighted by Crippen LogP contribution is -2.16. The quantitative estimate of drug-likeness (QED) is 0.434. The Morgan fingerprint density at radius 3 is 2.45 bits per heavy atom. The van der Waals surface area contributed by atoms with Crippen molar-refractivity contribution < 1.29 is 27.2 Å². The Morgan fingerprint density at radius 1 is 1.10 bits per heavy atom. The molecular formula is C19H19N5O6S. The van der Waals surface area contributed by atoms with Crippen LogP contribution in [0.2, 0.25) is 0 Å². The van der Waals surface area contributed by atoms with Gasteiger partial charge in [-0.25, -0.2) is 13.4 Å². The molecule has 0 unspecified atom stereocenters. The molecule has 4 aromatic rings. The Hall–Kier alpha value is -3.80. The number of sulfonamides is 1. The van der Waals surface area contributed by atoms with Gasteiger partial charge in [-0.2, -0.15) is 5.10 Å². The summed E-state index contributed by atoms with van der Waals surface area (Å²) in [5, 5.41) is 8.30. The zero-order valence-electron chi connectivity index (χ0n) is 16.9. The number of hydrogen-bond acceptors (Lipinski definition) is 9. The highest BCUT2D eigenvalue weighted by Crippen LogP contribution is 2.37. The van der Waals surface area contributed by atoms with Gasteiger partial charge in [0.2, 0.25) is 5.88 Å². The minimum absolute atomic E-state index is 0.0713. The molecule has 4 rings (SSSR count). The first-order valence-electron chi connectivity index (χ1n) is 9.01. The van der Waals surface area contributed by atoms with Gasteiger partial charge in [-0.15, -0.1) is 0 Å². The number of benzene rings is 1. The molecule has 0 amide bonds. The van der Waals surface area contributed by atoms with Gasteiger partial charge in [-0.3, -0.25) is 9.40 Å². The second-order valence-corrected chi connectivity index (χ2v) is 7.95. The first-order chi connectivity index (χ1) is 15.0. The third kappa shape index (κ3) is 3.84. The van der Waals surface area contributed by atoms with E-state index in [9.17, 15) is 8.42 Å². The Morgan fingerprint density at radius 2 is 1.84 bits per heavy atom. The fourth-order valence-corrected chi connectivity index (χ4v) is 4.43. The van der Waals surface area contributed by atoms with E-state index >= 15 is 0 Å². The monoisotopic (exact) mass is 445 g/mol. The van der Waals surface area contributed by atoms with E-state index in [1.807, 2.05) is 0 Å². The normalized spacial score (nSPS) is 11.5. The van der Waals surface area contributed by atoms with Crippen molar-refractivity contribution >= 4 is 26.8 Å². The summed E-state index contributed by atoms with van der Waals surface area (Å²) in [5.74, 6) is 0.320. The van der Waals surface area contributed by atoms with Gasteiger partial charge in [0.05, 0.1) is 33.6 Å². The van der Waals surface area contributed by atoms with E-state index in [1.54, 1.807) is 35.3 Å². The SMILES string of the molecule is COc1cccc(OC)c1S(=O)(=O)Nc1noc2cc(Cn3cccn3)nc(OC)c12. The fraction of sp³-hybridized carbons (Fsp3) is 0.211. The second kappa shape index (κ2) is 8.14. The predicted molar refractivity (Wildman–Crippen MR) is 110 cm³/mol. The summed E-state index contributed by atoms with van der Waals surface area (Å²) in [6.45, 7) is 0.374. The van der Waals surface area contributed by atoms with E-state index in [0.717, 1.165) is 0 Å². The van der Waals surface area contributed by atoms with Gasteiger partial charge in [0, 0.05) is 18.5 Å². The van der Waals surface area contributed by atoms with E-state index in [0.29, 0.717) is 17.8 Å². The van der Waals surface area contributed by atoms with Gasteiger partial charge in [0.15, 0.2) is 16.3 Å². The molecule has 0 atom stereocenters. The van der Waals surface area contributed by atoms with Crippen molar-refractivity contribution in [3.63, 3.8) is 0 Å². The molecule has 0 aliphatic carbocycles. The minimum Gasteiger partial charge on any atom is -0.495 e. The molecule has 0 saturated carbocycles. The van der Waals surface area contributed by atoms with Crippen LogP contribution in [0.15, 0.2) is 52.1 Å². The summed E-state index contributed by atoms with van der Waals surface area (Å²) in [6, 6.07) is 8.09. The van der Waals surface area contributed by atoms with Crippen molar-refractivity contribution in [1.29, 1.82) is 0 Å². The Labute approximate surface area is 177 Å². The van der Waals surface area contributed by atoms with Crippen molar-refractivity contribution in [2.24, 2.45) is 0 Å². The number of nitrogens with one attached hydrogen (secondary N) is 1. The lowest BCUT2D eigenvalue weighted by Gasteiger charge is -2.14. The summed E-state index contributed by atoms with van der Waals surface area (Å²) in [6.07, 6.45) is 3.45. The average Bonchev–Trinajstić information content (AvgIpc) is 3.42. The second-order valence-electron chi connectivity index (χ2n) is 6.33. The van der Waals surface area contributed by atoms with Crippen molar-refractivity contribution in [2.45, 2.75) is 11.4 Å². The molecule has 1 N–H and O–H groups in total. The van der Waals surface area contributed by atoms with Crippen molar-refractivity contribution in [3.8, 4) is 17.4 Å². The Kier molecular flexibility index (Phi) is 5.38. The molecule has 31 heavy (non-hydrogen) atoms. The van der Waals surface area contributed by atoms with E-state index in [4.69, 9.17) is 18.7 Å². The van der Waals surface area contributed by atoms with Crippen LogP contribution >= 0.6 is 0 Å². The highest BCUT2D eigenvalue weighted by Gasteiger charge is 2.28. The number of methoxy groups -OCH3 is 3. The number of ether oxygens (including phenoxy) is 3. The van der Waals surface area contributed by atoms with Crippen molar-refractivity contribution in [2.75, 3.05) is 26.1 Å². The van der Waals surface area contributed by atoms with Crippen LogP contribution in [0.5, 0.6) is 17.4 Å². The van der Waals surface area contributed by atoms with Crippen LogP contribution in [0.1, 0.15) is 5.69 Å². The molecule has 0 radical (unpaired) electrons. The smallest absolute Gasteiger partial charge is 0.270 e. The third-order valence-electron chi connectivity index (χ3n) is 4.43. The topological polar surface area (TPSA) is 131 Å². The molecule has 162 valence electrons. The van der Waals surface area contributed by atoms with E-state index in [2.05, 4.69) is 20.0 Å². The zero-order chi connectivity index (χ0) is 22.0. The van der Waals surface area contributed by atoms with E-state index in [-0.39, 0.29) is 33.5 Å². The summed E-state index contributed by atoms with van der Waals surface area (Å²) < 4.78 is 51.5. The number of pyridine rings is 1. The van der Waals surface area contributed by atoms with Gasteiger partial charge in [0.1, 0.15) is 16.9 Å². The number of fused-ring (bicyclic) bond motifs is 1. The van der Waals surface area contributed by atoms with Crippen LogP contribution in [0.25, 0.3) is 11.0 Å². The van der Waals surface area contributed by atoms with Gasteiger partial charge in [-0.1, -0.05) is 11.2 Å². The van der Waals surface area contributed by atoms with Gasteiger partial charge in [-0.05, 0) is 18.2 Å². The summed E-state index contributed by atoms with van der Waals surface area (Å²) in [4.78, 5) is 4.26. The van der Waals surface area contributed by atoms with Gasteiger partial charge < -0.3 is 18.7 Å². The Balaban J connectivity index is 1.76. The standard InChI is InChI=1S/C19H19N5O6S/c1-27-13-6-4-7-14(28-2)17(13)31(25,26)23-18-16-15(30-22-18)10-12(21-19(16)29-3)11-24-9-5-8-20-24/h4-10H,11H2,1-3H3,(H,22,23). The molecular weight excluding hydrogens is 426 g/mol. The fourth-order valence-electron chi connectivity index (χ4n) is 3.10. The molecule has 11 nitrogen and oxygen atoms in total. The average molecular weight is 445 g/mol. The maximum Gasteiger partial charge on any atom is 0.270 e. The molecule has 12 heteroatoms. The van der Waals surface area contributed by atoms with Crippen LogP contribution in [0.4, 0.5) is 5.82 Å². The summed E-state index contributed by atoms with van der Waals surface area (Å²) in [7, 11) is 0.00517. The van der Waals surface area contributed by atoms with Crippen LogP contribution in [-0.2, 0) is 16.6 Å². The molecule has 0 fully saturated rings. The first kappa shape index (κ1) is 20.5. The number of rotatable bonds is 8. The molecule has 1 aromatic carbocycles. The van der Waals surface area contributed by atoms with Crippen LogP contribution < -0.4 is 18.9 Å². The van der Waals surface area contributed by atoms with Crippen LogP contribution in [0, 0.1) is 0 Å². The molecule has 0 aliphatic rings. The first-order valence-corrected chi connectivity index (χ1v) is 10.5. The third-order valence-corrected chi connectivity index (χ3v) is 5.84. The molecule has 0 saturated heterocycles. The zero-order valence-corrected chi connectivity index (χ0v) is 17.7. The number of hydrogen-bond donors (Lipinski definition) is 1. The van der Waals surface area contributed by atoms with Crippen molar-refractivity contribution in [1.82, 2.24) is 19.9 Å². The maximum atomic E-state index is 13.2. The molecule has 0 bridgehead atoms. The number of nitrogens with zero attached hydrogens (tertiary/aromatic N) is 4. The van der Waals surface area contributed by atoms with Gasteiger partial charge >= 0.3 is 0 Å². The molecule has 0 spiro atoms. The number of aromatic nitrogens is 4. The van der Waals surface area contributed by atoms with E-state index < -0.39 is 10.0 Å². The summed E-state index contributed by atoms with van der Waals surface area (Å²) in [5.41, 5.74) is 0.906. The Bertz CT molecular complexity index is 1300. The highest BCUT2D eigenvalue weighted by atomic mass is 32.2. The molecule has 3 heterocycles. The van der Waals surface area contributed by atoms with Crippen LogP contribution in [-0.4, -0.2) is 49.7 Å². The largest absolute Gasteiger partial charge is 0.495 e.